The molecule has 0 aliphatic carbocycles. The van der Waals surface area contributed by atoms with E-state index in [2.05, 4.69) is 15.5 Å². The van der Waals surface area contributed by atoms with Crippen LogP contribution < -0.4 is 11.2 Å². The van der Waals surface area contributed by atoms with Gasteiger partial charge in [0.15, 0.2) is 0 Å². The summed E-state index contributed by atoms with van der Waals surface area (Å²) in [6.07, 6.45) is 3.47. The number of nitrogens with two attached hydrogens (primary N) is 1. The number of H-pyrrole nitrogens is 1. The Kier molecular flexibility index (Phi) is 3.39. The molecule has 5 nitrogen and oxygen atoms in total. The number of nitrogens with one attached hydrogen (secondary N) is 2. The number of benzene rings is 2. The highest BCUT2D eigenvalue weighted by molar-refractivity contribution is 6.00. The van der Waals surface area contributed by atoms with Crippen LogP contribution in [0.5, 0.6) is 0 Å². The first-order valence-electron chi connectivity index (χ1n) is 6.49. The summed E-state index contributed by atoms with van der Waals surface area (Å²) in [6.45, 7) is 0. The molecule has 0 bridgehead atoms. The fourth-order valence-electron chi connectivity index (χ4n) is 2.06. The Hall–Kier alpha value is -3.08. The molecule has 0 aliphatic heterocycles. The van der Waals surface area contributed by atoms with E-state index in [0.29, 0.717) is 11.3 Å². The van der Waals surface area contributed by atoms with Crippen molar-refractivity contribution >= 4 is 28.7 Å². The number of aromatic nitrogens is 1. The lowest BCUT2D eigenvalue weighted by atomic mass is 10.2. The minimum atomic E-state index is -0.272. The van der Waals surface area contributed by atoms with E-state index in [1.165, 1.54) is 0 Å². The Morgan fingerprint density at radius 3 is 2.71 bits per heavy atom. The normalized spacial score (nSPS) is 11.0. The number of nitrogens with zero attached hydrogens (tertiary/aromatic N) is 1. The molecule has 0 saturated heterocycles. The molecule has 1 heterocycles. The average Bonchev–Trinajstić information content (AvgIpc) is 2.91. The highest BCUT2D eigenvalue weighted by Gasteiger charge is 2.03. The molecule has 0 unspecified atom stereocenters. The third kappa shape index (κ3) is 2.76. The van der Waals surface area contributed by atoms with Gasteiger partial charge in [-0.15, -0.1) is 0 Å². The van der Waals surface area contributed by atoms with Crippen molar-refractivity contribution in [3.05, 3.63) is 65.9 Å². The van der Waals surface area contributed by atoms with Crippen molar-refractivity contribution in [2.45, 2.75) is 0 Å². The zero-order chi connectivity index (χ0) is 14.7. The van der Waals surface area contributed by atoms with Crippen molar-refractivity contribution in [2.24, 2.45) is 5.10 Å². The van der Waals surface area contributed by atoms with Gasteiger partial charge < -0.3 is 10.7 Å². The van der Waals surface area contributed by atoms with E-state index >= 15 is 0 Å². The number of aromatic amines is 1. The lowest BCUT2D eigenvalue weighted by molar-refractivity contribution is 0.0955. The summed E-state index contributed by atoms with van der Waals surface area (Å²) < 4.78 is 0. The van der Waals surface area contributed by atoms with Gasteiger partial charge in [0.2, 0.25) is 0 Å². The molecule has 0 radical (unpaired) electrons. The summed E-state index contributed by atoms with van der Waals surface area (Å²) in [5.41, 5.74) is 11.2. The summed E-state index contributed by atoms with van der Waals surface area (Å²) in [7, 11) is 0. The minimum absolute atomic E-state index is 0.272. The zero-order valence-corrected chi connectivity index (χ0v) is 11.2. The predicted octanol–water partition coefficient (Wildman–Crippen LogP) is 2.51. The van der Waals surface area contributed by atoms with Crippen LogP contribution in [0.4, 0.5) is 5.69 Å². The third-order valence-electron chi connectivity index (χ3n) is 3.16. The number of nitrogen functional groups attached to an aromatic ring is 1. The maximum absolute atomic E-state index is 11.9. The third-order valence-corrected chi connectivity index (χ3v) is 3.16. The summed E-state index contributed by atoms with van der Waals surface area (Å²) in [4.78, 5) is 15.0. The molecule has 1 aromatic heterocycles. The van der Waals surface area contributed by atoms with Crippen LogP contribution in [-0.2, 0) is 0 Å². The van der Waals surface area contributed by atoms with Crippen molar-refractivity contribution in [3.63, 3.8) is 0 Å². The number of carbonyl (C=O) groups excluding carboxylic acids is 1. The zero-order valence-electron chi connectivity index (χ0n) is 11.2. The van der Waals surface area contributed by atoms with E-state index in [1.54, 1.807) is 30.5 Å². The summed E-state index contributed by atoms with van der Waals surface area (Å²) in [5, 5.41) is 5.05. The van der Waals surface area contributed by atoms with Crippen molar-refractivity contribution in [1.82, 2.24) is 10.4 Å². The van der Waals surface area contributed by atoms with E-state index in [-0.39, 0.29) is 5.91 Å². The Labute approximate surface area is 121 Å². The van der Waals surface area contributed by atoms with Gasteiger partial charge in [0, 0.05) is 33.9 Å². The lowest BCUT2D eigenvalue weighted by Gasteiger charge is -1.99. The first kappa shape index (κ1) is 12.9. The molecule has 3 aromatic rings. The van der Waals surface area contributed by atoms with Crippen LogP contribution in [-0.4, -0.2) is 17.1 Å². The highest BCUT2D eigenvalue weighted by atomic mass is 16.2. The number of fused-ring (bicyclic) bond motifs is 1. The summed E-state index contributed by atoms with van der Waals surface area (Å²) >= 11 is 0. The van der Waals surface area contributed by atoms with Crippen molar-refractivity contribution in [3.8, 4) is 0 Å². The van der Waals surface area contributed by atoms with E-state index in [9.17, 15) is 4.79 Å². The Bertz CT molecular complexity index is 803. The number of rotatable bonds is 3. The Morgan fingerprint density at radius 2 is 1.90 bits per heavy atom. The van der Waals surface area contributed by atoms with Crippen LogP contribution >= 0.6 is 0 Å². The van der Waals surface area contributed by atoms with Crippen LogP contribution in [0, 0.1) is 0 Å². The van der Waals surface area contributed by atoms with Crippen LogP contribution in [0.15, 0.2) is 59.8 Å². The first-order chi connectivity index (χ1) is 10.2. The second kappa shape index (κ2) is 5.50. The topological polar surface area (TPSA) is 83.3 Å². The Morgan fingerprint density at radius 1 is 1.14 bits per heavy atom. The molecule has 0 fully saturated rings. The van der Waals surface area contributed by atoms with Crippen molar-refractivity contribution in [1.29, 1.82) is 0 Å². The monoisotopic (exact) mass is 278 g/mol. The SMILES string of the molecule is Nc1ccc(C(=O)N/N=C\c2c[nH]c3ccccc23)cc1. The number of para-hydroxylation sites is 1. The second-order valence-electron chi connectivity index (χ2n) is 4.61. The molecule has 3 rings (SSSR count). The molecule has 21 heavy (non-hydrogen) atoms. The fraction of sp³-hybridized carbons (Fsp3) is 0. The number of hydrogen-bond acceptors (Lipinski definition) is 3. The molecular formula is C16H14N4O. The molecule has 1 amide bonds. The number of hydrogen-bond donors (Lipinski definition) is 3. The van der Waals surface area contributed by atoms with Gasteiger partial charge in [0.25, 0.3) is 5.91 Å². The van der Waals surface area contributed by atoms with Crippen LogP contribution in [0.1, 0.15) is 15.9 Å². The Balaban J connectivity index is 1.72. The smallest absolute Gasteiger partial charge is 0.271 e. The highest BCUT2D eigenvalue weighted by Crippen LogP contribution is 2.15. The molecular weight excluding hydrogens is 264 g/mol. The fourth-order valence-corrected chi connectivity index (χ4v) is 2.06. The van der Waals surface area contributed by atoms with Gasteiger partial charge in [-0.3, -0.25) is 4.79 Å². The largest absolute Gasteiger partial charge is 0.399 e. The quantitative estimate of drug-likeness (QED) is 0.391. The van der Waals surface area contributed by atoms with Crippen LogP contribution in [0.2, 0.25) is 0 Å². The number of hydrazone groups is 1. The molecule has 0 saturated carbocycles. The maximum atomic E-state index is 11.9. The molecule has 5 heteroatoms. The van der Waals surface area contributed by atoms with Gasteiger partial charge in [0.1, 0.15) is 0 Å². The average molecular weight is 278 g/mol. The second-order valence-corrected chi connectivity index (χ2v) is 4.61. The van der Waals surface area contributed by atoms with Crippen molar-refractivity contribution < 1.29 is 4.79 Å². The maximum Gasteiger partial charge on any atom is 0.271 e. The standard InChI is InChI=1S/C16H14N4O/c17-13-7-5-11(6-8-13)16(21)20-19-10-12-9-18-15-4-2-1-3-14(12)15/h1-10,18H,17H2,(H,20,21)/b19-10-. The van der Waals surface area contributed by atoms with Gasteiger partial charge in [-0.1, -0.05) is 18.2 Å². The van der Waals surface area contributed by atoms with Crippen molar-refractivity contribution in [2.75, 3.05) is 5.73 Å². The lowest BCUT2D eigenvalue weighted by Crippen LogP contribution is -2.17. The van der Waals surface area contributed by atoms with E-state index in [4.69, 9.17) is 5.73 Å². The van der Waals surface area contributed by atoms with E-state index < -0.39 is 0 Å². The van der Waals surface area contributed by atoms with E-state index in [1.807, 2.05) is 30.5 Å². The van der Waals surface area contributed by atoms with Gasteiger partial charge >= 0.3 is 0 Å². The van der Waals surface area contributed by atoms with Gasteiger partial charge in [-0.2, -0.15) is 5.10 Å². The summed E-state index contributed by atoms with van der Waals surface area (Å²) in [6, 6.07) is 14.6. The molecule has 0 aliphatic rings. The molecule has 4 N–H and O–H groups in total. The van der Waals surface area contributed by atoms with Gasteiger partial charge in [-0.25, -0.2) is 5.43 Å². The first-order valence-corrected chi connectivity index (χ1v) is 6.49. The van der Waals surface area contributed by atoms with Gasteiger partial charge in [0.05, 0.1) is 6.21 Å². The number of amides is 1. The molecule has 104 valence electrons. The predicted molar refractivity (Wildman–Crippen MR) is 84.2 cm³/mol. The number of anilines is 1. The van der Waals surface area contributed by atoms with Crippen LogP contribution in [0.3, 0.4) is 0 Å². The molecule has 0 atom stereocenters. The molecule has 0 spiro atoms. The minimum Gasteiger partial charge on any atom is -0.399 e. The number of carbonyl (C=O) groups is 1. The van der Waals surface area contributed by atoms with Crippen LogP contribution in [0.25, 0.3) is 10.9 Å². The summed E-state index contributed by atoms with van der Waals surface area (Å²) in [5.74, 6) is -0.272. The molecule has 2 aromatic carbocycles. The van der Waals surface area contributed by atoms with Gasteiger partial charge in [-0.05, 0) is 30.3 Å². The van der Waals surface area contributed by atoms with E-state index in [0.717, 1.165) is 16.5 Å².